The summed E-state index contributed by atoms with van der Waals surface area (Å²) in [6.07, 6.45) is 6.57. The smallest absolute Gasteiger partial charge is 0.223 e. The molecular formula is C24H25FN6O3S2. The molecule has 1 aromatic carbocycles. The first-order valence-electron chi connectivity index (χ1n) is 11.8. The molecule has 1 saturated heterocycles. The molecule has 0 radical (unpaired) electrons. The van der Waals surface area contributed by atoms with Crippen LogP contribution in [0.15, 0.2) is 42.0 Å². The van der Waals surface area contributed by atoms with Gasteiger partial charge in [0.05, 0.1) is 23.7 Å². The Balaban J connectivity index is 1.27. The number of hydrogen-bond acceptors (Lipinski definition) is 8. The van der Waals surface area contributed by atoms with Gasteiger partial charge in [-0.3, -0.25) is 4.40 Å². The third-order valence-electron chi connectivity index (χ3n) is 6.68. The Bertz CT molecular complexity index is 1520. The number of piperidine rings is 1. The van der Waals surface area contributed by atoms with Crippen LogP contribution in [-0.4, -0.2) is 63.6 Å². The van der Waals surface area contributed by atoms with Crippen molar-refractivity contribution >= 4 is 32.3 Å². The zero-order valence-electron chi connectivity index (χ0n) is 19.6. The van der Waals surface area contributed by atoms with Gasteiger partial charge in [0.25, 0.3) is 0 Å². The summed E-state index contributed by atoms with van der Waals surface area (Å²) in [5, 5.41) is 5.16. The first-order chi connectivity index (χ1) is 17.4. The van der Waals surface area contributed by atoms with Crippen molar-refractivity contribution in [1.82, 2.24) is 23.7 Å². The third kappa shape index (κ3) is 4.22. The highest BCUT2D eigenvalue weighted by molar-refractivity contribution is 7.90. The summed E-state index contributed by atoms with van der Waals surface area (Å²) in [7, 11) is -1.71. The minimum absolute atomic E-state index is 0.0818. The number of benzene rings is 1. The number of aromatic nitrogens is 4. The van der Waals surface area contributed by atoms with E-state index in [4.69, 9.17) is 14.7 Å². The van der Waals surface area contributed by atoms with Gasteiger partial charge in [-0.15, -0.1) is 11.3 Å². The Morgan fingerprint density at radius 1 is 1.14 bits per heavy atom. The number of fused-ring (bicyclic) bond motifs is 1. The predicted octanol–water partition coefficient (Wildman–Crippen LogP) is 4.04. The number of nitrogens with one attached hydrogen (secondary N) is 1. The number of thiazole rings is 1. The minimum Gasteiger partial charge on any atom is -0.494 e. The van der Waals surface area contributed by atoms with Gasteiger partial charge in [0.1, 0.15) is 5.69 Å². The average molecular weight is 529 g/mol. The number of halogens is 1. The van der Waals surface area contributed by atoms with Gasteiger partial charge < -0.3 is 10.1 Å². The molecule has 0 bridgehead atoms. The topological polar surface area (TPSA) is 102 Å². The molecule has 3 aromatic heterocycles. The SMILES string of the molecule is COc1cc(-c2nc3sccn3c2-c2ccnc(NC3CCN(S(=O)(=O)C4CC4)CC3)n2)ccc1F. The van der Waals surface area contributed by atoms with E-state index in [9.17, 15) is 12.8 Å². The van der Waals surface area contributed by atoms with Crippen LogP contribution >= 0.6 is 11.3 Å². The molecule has 1 N–H and O–H groups in total. The largest absolute Gasteiger partial charge is 0.494 e. The number of methoxy groups -OCH3 is 1. The molecule has 9 nitrogen and oxygen atoms in total. The molecule has 0 unspecified atom stereocenters. The average Bonchev–Trinajstić information content (AvgIpc) is 3.56. The van der Waals surface area contributed by atoms with E-state index in [0.717, 1.165) is 29.1 Å². The fraction of sp³-hybridized carbons (Fsp3) is 0.375. The van der Waals surface area contributed by atoms with Crippen LogP contribution in [0.4, 0.5) is 10.3 Å². The number of anilines is 1. The summed E-state index contributed by atoms with van der Waals surface area (Å²) in [6, 6.07) is 6.58. The van der Waals surface area contributed by atoms with Crippen molar-refractivity contribution in [2.75, 3.05) is 25.5 Å². The van der Waals surface area contributed by atoms with Crippen LogP contribution in [0.2, 0.25) is 0 Å². The first-order valence-corrected chi connectivity index (χ1v) is 14.2. The molecule has 0 atom stereocenters. The van der Waals surface area contributed by atoms with Gasteiger partial charge in [0.2, 0.25) is 16.0 Å². The lowest BCUT2D eigenvalue weighted by molar-refractivity contribution is 0.328. The van der Waals surface area contributed by atoms with Crippen LogP contribution in [0.3, 0.4) is 0 Å². The molecule has 12 heteroatoms. The van der Waals surface area contributed by atoms with Crippen molar-refractivity contribution in [3.8, 4) is 28.4 Å². The summed E-state index contributed by atoms with van der Waals surface area (Å²) in [6.45, 7) is 1.01. The molecule has 0 spiro atoms. The monoisotopic (exact) mass is 528 g/mol. The third-order valence-corrected chi connectivity index (χ3v) is 9.83. The van der Waals surface area contributed by atoms with Gasteiger partial charge in [-0.1, -0.05) is 0 Å². The molecule has 6 rings (SSSR count). The Kier molecular flexibility index (Phi) is 5.89. The van der Waals surface area contributed by atoms with Crippen molar-refractivity contribution < 1.29 is 17.5 Å². The zero-order chi connectivity index (χ0) is 24.9. The lowest BCUT2D eigenvalue weighted by Gasteiger charge is -2.31. The first kappa shape index (κ1) is 23.3. The lowest BCUT2D eigenvalue weighted by Crippen LogP contribution is -2.43. The van der Waals surface area contributed by atoms with Crippen LogP contribution in [0, 0.1) is 5.82 Å². The van der Waals surface area contributed by atoms with Gasteiger partial charge in [-0.2, -0.15) is 0 Å². The standard InChI is InChI=1S/C24H25FN6O3S2/c1-34-20-14-15(2-5-18(20)25)21-22(31-12-13-35-24(31)29-21)19-6-9-26-23(28-19)27-16-7-10-30(11-8-16)36(32,33)17-3-4-17/h2,5-6,9,12-14,16-17H,3-4,7-8,10-11H2,1H3,(H,26,27,28). The van der Waals surface area contributed by atoms with Gasteiger partial charge in [-0.25, -0.2) is 32.1 Å². The zero-order valence-corrected chi connectivity index (χ0v) is 21.2. The van der Waals surface area contributed by atoms with E-state index >= 15 is 0 Å². The molecular weight excluding hydrogens is 503 g/mol. The fourth-order valence-electron chi connectivity index (χ4n) is 4.61. The van der Waals surface area contributed by atoms with Crippen molar-refractivity contribution in [3.63, 3.8) is 0 Å². The normalized spacial score (nSPS) is 17.5. The molecule has 2 aliphatic rings. The molecule has 4 aromatic rings. The summed E-state index contributed by atoms with van der Waals surface area (Å²) in [4.78, 5) is 14.8. The number of hydrogen-bond donors (Lipinski definition) is 1. The number of imidazole rings is 1. The Morgan fingerprint density at radius 2 is 1.94 bits per heavy atom. The second-order valence-electron chi connectivity index (χ2n) is 9.04. The molecule has 1 aliphatic carbocycles. The Hall–Kier alpha value is -3.09. The van der Waals surface area contributed by atoms with Crippen LogP contribution in [-0.2, 0) is 10.0 Å². The summed E-state index contributed by atoms with van der Waals surface area (Å²) in [5.74, 6) is 0.187. The van der Waals surface area contributed by atoms with Gasteiger partial charge in [-0.05, 0) is 49.9 Å². The second-order valence-corrected chi connectivity index (χ2v) is 12.1. The fourth-order valence-corrected chi connectivity index (χ4v) is 7.20. The maximum Gasteiger partial charge on any atom is 0.223 e. The second kappa shape index (κ2) is 9.09. The summed E-state index contributed by atoms with van der Waals surface area (Å²) in [5.41, 5.74) is 2.83. The minimum atomic E-state index is -3.14. The molecule has 1 aliphatic heterocycles. The van der Waals surface area contributed by atoms with Crippen LogP contribution in [0.1, 0.15) is 25.7 Å². The van der Waals surface area contributed by atoms with Gasteiger partial charge >= 0.3 is 0 Å². The van der Waals surface area contributed by atoms with Crippen molar-refractivity contribution in [1.29, 1.82) is 0 Å². The molecule has 2 fully saturated rings. The highest BCUT2D eigenvalue weighted by Crippen LogP contribution is 2.36. The van der Waals surface area contributed by atoms with E-state index < -0.39 is 15.8 Å². The summed E-state index contributed by atoms with van der Waals surface area (Å²) < 4.78 is 47.9. The van der Waals surface area contributed by atoms with E-state index in [1.54, 1.807) is 22.6 Å². The number of sulfonamides is 1. The highest BCUT2D eigenvalue weighted by atomic mass is 32.2. The molecule has 4 heterocycles. The molecule has 0 amide bonds. The maximum atomic E-state index is 14.0. The van der Waals surface area contributed by atoms with E-state index in [1.165, 1.54) is 24.5 Å². The Labute approximate surface area is 212 Å². The van der Waals surface area contributed by atoms with Gasteiger partial charge in [0, 0.05) is 42.5 Å². The van der Waals surface area contributed by atoms with Crippen LogP contribution < -0.4 is 10.1 Å². The number of ether oxygens (including phenoxy) is 1. The Morgan fingerprint density at radius 3 is 2.69 bits per heavy atom. The molecule has 36 heavy (non-hydrogen) atoms. The molecule has 188 valence electrons. The van der Waals surface area contributed by atoms with Crippen molar-refractivity contribution in [2.45, 2.75) is 37.0 Å². The van der Waals surface area contributed by atoms with E-state index in [-0.39, 0.29) is 17.0 Å². The highest BCUT2D eigenvalue weighted by Gasteiger charge is 2.41. The maximum absolute atomic E-state index is 14.0. The quantitative estimate of drug-likeness (QED) is 0.386. The number of rotatable bonds is 7. The van der Waals surface area contributed by atoms with Crippen molar-refractivity contribution in [2.24, 2.45) is 0 Å². The van der Waals surface area contributed by atoms with E-state index in [1.807, 2.05) is 22.0 Å². The summed E-state index contributed by atoms with van der Waals surface area (Å²) >= 11 is 1.50. The van der Waals surface area contributed by atoms with Crippen LogP contribution in [0.5, 0.6) is 5.75 Å². The lowest BCUT2D eigenvalue weighted by atomic mass is 10.1. The van der Waals surface area contributed by atoms with Crippen molar-refractivity contribution in [3.05, 3.63) is 47.9 Å². The van der Waals surface area contributed by atoms with E-state index in [0.29, 0.717) is 43.3 Å². The molecule has 1 saturated carbocycles. The number of nitrogens with zero attached hydrogens (tertiary/aromatic N) is 5. The van der Waals surface area contributed by atoms with E-state index in [2.05, 4.69) is 10.3 Å². The van der Waals surface area contributed by atoms with Crippen LogP contribution in [0.25, 0.3) is 27.6 Å². The predicted molar refractivity (Wildman–Crippen MR) is 136 cm³/mol. The van der Waals surface area contributed by atoms with Gasteiger partial charge in [0.15, 0.2) is 16.5 Å².